The number of ether oxygens (including phenoxy) is 2. The summed E-state index contributed by atoms with van der Waals surface area (Å²) in [5.74, 6) is -0.456. The van der Waals surface area contributed by atoms with Crippen molar-refractivity contribution in [2.45, 2.75) is 25.9 Å². The molecule has 1 N–H and O–H groups in total. The van der Waals surface area contributed by atoms with Crippen molar-refractivity contribution in [3.05, 3.63) is 101 Å². The van der Waals surface area contributed by atoms with Crippen molar-refractivity contribution >= 4 is 28.8 Å². The van der Waals surface area contributed by atoms with Gasteiger partial charge in [-0.1, -0.05) is 54.7 Å². The number of thioether (sulfide) groups is 1. The number of amides is 1. The average molecular weight is 508 g/mol. The summed E-state index contributed by atoms with van der Waals surface area (Å²) in [4.78, 5) is 32.5. The Hall–Kier alpha value is -3.85. The lowest BCUT2D eigenvalue weighted by Crippen LogP contribution is -2.38. The van der Waals surface area contributed by atoms with E-state index in [1.807, 2.05) is 34.6 Å². The standard InChI is InChI=1S/C27H26FN3O4S/c1-4-13-35-26(33)24-17(2)30-27-31(25(24)21-7-5-6-8-22(21)34-3)20(16-36-27)14-23(32)29-15-18-9-11-19(28)12-10-18/h4-12,16,25H,1,13-15H2,2-3H3,(H,29,32). The third kappa shape index (κ3) is 5.36. The van der Waals surface area contributed by atoms with E-state index in [1.54, 1.807) is 26.2 Å². The summed E-state index contributed by atoms with van der Waals surface area (Å²) < 4.78 is 24.2. The van der Waals surface area contributed by atoms with Gasteiger partial charge < -0.3 is 19.7 Å². The normalized spacial score (nSPS) is 16.6. The SMILES string of the molecule is C=CCOC(=O)C1=C(C)N=C2SC=C(CC(=O)NCc3ccc(F)cc3)N2C1c1ccccc1OC. The van der Waals surface area contributed by atoms with Crippen molar-refractivity contribution < 1.29 is 23.5 Å². The molecule has 0 bridgehead atoms. The van der Waals surface area contributed by atoms with E-state index in [9.17, 15) is 14.0 Å². The second-order valence-corrected chi connectivity index (χ2v) is 8.94. The lowest BCUT2D eigenvalue weighted by molar-refractivity contribution is -0.138. The molecule has 2 aliphatic rings. The van der Waals surface area contributed by atoms with E-state index in [1.165, 1.54) is 30.0 Å². The Morgan fingerprint density at radius 1 is 1.22 bits per heavy atom. The first-order chi connectivity index (χ1) is 17.4. The van der Waals surface area contributed by atoms with Crippen LogP contribution in [0.5, 0.6) is 5.75 Å². The van der Waals surface area contributed by atoms with E-state index >= 15 is 0 Å². The van der Waals surface area contributed by atoms with Crippen LogP contribution in [0, 0.1) is 5.82 Å². The number of carbonyl (C=O) groups is 2. The summed E-state index contributed by atoms with van der Waals surface area (Å²) >= 11 is 1.39. The van der Waals surface area contributed by atoms with Crippen LogP contribution in [0.1, 0.15) is 30.5 Å². The molecule has 2 aliphatic heterocycles. The van der Waals surface area contributed by atoms with Crippen molar-refractivity contribution in [2.75, 3.05) is 13.7 Å². The number of esters is 1. The van der Waals surface area contributed by atoms with Crippen molar-refractivity contribution in [2.24, 2.45) is 4.99 Å². The smallest absolute Gasteiger partial charge is 0.338 e. The molecule has 1 atom stereocenters. The molecule has 0 saturated carbocycles. The fourth-order valence-corrected chi connectivity index (χ4v) is 5.02. The van der Waals surface area contributed by atoms with Gasteiger partial charge in [-0.05, 0) is 36.1 Å². The van der Waals surface area contributed by atoms with Gasteiger partial charge in [-0.15, -0.1) is 0 Å². The Balaban J connectivity index is 1.62. The Labute approximate surface area is 213 Å². The van der Waals surface area contributed by atoms with E-state index in [0.717, 1.165) is 11.1 Å². The van der Waals surface area contributed by atoms with Crippen LogP contribution in [0.2, 0.25) is 0 Å². The highest BCUT2D eigenvalue weighted by Gasteiger charge is 2.42. The molecular weight excluding hydrogens is 481 g/mol. The van der Waals surface area contributed by atoms with Crippen LogP contribution in [-0.2, 0) is 20.9 Å². The van der Waals surface area contributed by atoms with Crippen LogP contribution in [0.3, 0.4) is 0 Å². The second-order valence-electron chi connectivity index (χ2n) is 8.10. The molecule has 9 heteroatoms. The van der Waals surface area contributed by atoms with E-state index in [4.69, 9.17) is 9.47 Å². The van der Waals surface area contributed by atoms with E-state index in [0.29, 0.717) is 27.9 Å². The van der Waals surface area contributed by atoms with Gasteiger partial charge in [0.05, 0.1) is 30.8 Å². The van der Waals surface area contributed by atoms with Crippen LogP contribution in [-0.4, -0.2) is 35.7 Å². The van der Waals surface area contributed by atoms with Gasteiger partial charge in [0, 0.05) is 17.8 Å². The number of amidine groups is 1. The maximum Gasteiger partial charge on any atom is 0.338 e. The zero-order valence-electron chi connectivity index (χ0n) is 20.0. The predicted molar refractivity (Wildman–Crippen MR) is 137 cm³/mol. The Kier molecular flexibility index (Phi) is 7.90. The molecule has 0 aromatic heterocycles. The number of nitrogens with one attached hydrogen (secondary N) is 1. The maximum absolute atomic E-state index is 13.2. The van der Waals surface area contributed by atoms with Gasteiger partial charge in [0.15, 0.2) is 5.17 Å². The molecule has 2 heterocycles. The highest BCUT2D eigenvalue weighted by Crippen LogP contribution is 2.46. The quantitative estimate of drug-likeness (QED) is 0.386. The fraction of sp³-hybridized carbons (Fsp3) is 0.222. The number of allylic oxidation sites excluding steroid dienone is 1. The minimum atomic E-state index is -0.600. The molecule has 36 heavy (non-hydrogen) atoms. The number of benzene rings is 2. The first-order valence-corrected chi connectivity index (χ1v) is 12.2. The molecular formula is C27H26FN3O4S. The summed E-state index contributed by atoms with van der Waals surface area (Å²) in [6.45, 7) is 5.72. The van der Waals surface area contributed by atoms with E-state index < -0.39 is 12.0 Å². The van der Waals surface area contributed by atoms with E-state index in [-0.39, 0.29) is 31.3 Å². The first-order valence-electron chi connectivity index (χ1n) is 11.3. The fourth-order valence-electron chi connectivity index (χ4n) is 4.06. The van der Waals surface area contributed by atoms with Gasteiger partial charge in [0.2, 0.25) is 5.91 Å². The third-order valence-corrected chi connectivity index (χ3v) is 6.62. The van der Waals surface area contributed by atoms with Gasteiger partial charge >= 0.3 is 5.97 Å². The van der Waals surface area contributed by atoms with Crippen molar-refractivity contribution in [3.63, 3.8) is 0 Å². The lowest BCUT2D eigenvalue weighted by Gasteiger charge is -2.36. The predicted octanol–water partition coefficient (Wildman–Crippen LogP) is 4.84. The molecule has 0 saturated heterocycles. The number of hydrogen-bond acceptors (Lipinski definition) is 7. The number of aliphatic imine (C=N–C) groups is 1. The van der Waals surface area contributed by atoms with Gasteiger partial charge in [-0.25, -0.2) is 14.2 Å². The number of methoxy groups -OCH3 is 1. The number of carbonyl (C=O) groups excluding carboxylic acids is 2. The first kappa shape index (κ1) is 25.2. The van der Waals surface area contributed by atoms with Crippen LogP contribution < -0.4 is 10.1 Å². The molecule has 0 radical (unpaired) electrons. The molecule has 2 aromatic carbocycles. The molecule has 0 spiro atoms. The van der Waals surface area contributed by atoms with Gasteiger partial charge in [-0.2, -0.15) is 0 Å². The molecule has 0 aliphatic carbocycles. The van der Waals surface area contributed by atoms with Crippen LogP contribution in [0.4, 0.5) is 4.39 Å². The summed E-state index contributed by atoms with van der Waals surface area (Å²) in [5, 5.41) is 5.39. The Bertz CT molecular complexity index is 1270. The maximum atomic E-state index is 13.2. The minimum absolute atomic E-state index is 0.0624. The molecule has 2 aromatic rings. The van der Waals surface area contributed by atoms with Crippen LogP contribution >= 0.6 is 11.8 Å². The lowest BCUT2D eigenvalue weighted by atomic mass is 9.93. The Morgan fingerprint density at radius 3 is 2.69 bits per heavy atom. The second kappa shape index (κ2) is 11.3. The molecule has 1 unspecified atom stereocenters. The van der Waals surface area contributed by atoms with Crippen LogP contribution in [0.25, 0.3) is 0 Å². The molecule has 0 fully saturated rings. The van der Waals surface area contributed by atoms with Crippen molar-refractivity contribution in [1.29, 1.82) is 0 Å². The molecule has 7 nitrogen and oxygen atoms in total. The summed E-state index contributed by atoms with van der Waals surface area (Å²) in [6, 6.07) is 12.8. The van der Waals surface area contributed by atoms with Crippen molar-refractivity contribution in [3.8, 4) is 5.75 Å². The zero-order chi connectivity index (χ0) is 25.7. The number of rotatable bonds is 9. The number of fused-ring (bicyclic) bond motifs is 1. The topological polar surface area (TPSA) is 80.2 Å². The summed E-state index contributed by atoms with van der Waals surface area (Å²) in [6.07, 6.45) is 1.57. The van der Waals surface area contributed by atoms with Crippen molar-refractivity contribution in [1.82, 2.24) is 10.2 Å². The van der Waals surface area contributed by atoms with Gasteiger partial charge in [0.1, 0.15) is 18.2 Å². The highest BCUT2D eigenvalue weighted by atomic mass is 32.2. The number of halogens is 1. The number of hydrogen-bond donors (Lipinski definition) is 1. The molecule has 4 rings (SSSR count). The number of para-hydroxylation sites is 1. The average Bonchev–Trinajstić information content (AvgIpc) is 3.27. The Morgan fingerprint density at radius 2 is 1.97 bits per heavy atom. The molecule has 186 valence electrons. The number of nitrogens with zero attached hydrogens (tertiary/aromatic N) is 2. The van der Waals surface area contributed by atoms with Crippen LogP contribution in [0.15, 0.2) is 88.6 Å². The highest BCUT2D eigenvalue weighted by molar-refractivity contribution is 8.16. The summed E-state index contributed by atoms with van der Waals surface area (Å²) in [7, 11) is 1.57. The van der Waals surface area contributed by atoms with Gasteiger partial charge in [-0.3, -0.25) is 4.79 Å². The largest absolute Gasteiger partial charge is 0.496 e. The third-order valence-electron chi connectivity index (χ3n) is 5.73. The monoisotopic (exact) mass is 507 g/mol. The minimum Gasteiger partial charge on any atom is -0.496 e. The van der Waals surface area contributed by atoms with E-state index in [2.05, 4.69) is 16.9 Å². The summed E-state index contributed by atoms with van der Waals surface area (Å²) in [5.41, 5.74) is 3.13. The van der Waals surface area contributed by atoms with Gasteiger partial charge in [0.25, 0.3) is 0 Å². The zero-order valence-corrected chi connectivity index (χ0v) is 20.8. The molecule has 1 amide bonds.